The Morgan fingerprint density at radius 2 is 1.56 bits per heavy atom. The van der Waals surface area contributed by atoms with Crippen LogP contribution in [-0.2, 0) is 14.8 Å². The molecular weight excluding hydrogens is 774 g/mol. The fourth-order valence-electron chi connectivity index (χ4n) is 7.90. The van der Waals surface area contributed by atoms with Crippen molar-refractivity contribution < 1.29 is 17.9 Å². The van der Waals surface area contributed by atoms with Crippen molar-refractivity contribution in [3.05, 3.63) is 124 Å². The van der Waals surface area contributed by atoms with Crippen LogP contribution in [0, 0.1) is 6.92 Å². The van der Waals surface area contributed by atoms with Gasteiger partial charge in [0, 0.05) is 91.0 Å². The van der Waals surface area contributed by atoms with E-state index in [-0.39, 0.29) is 10.9 Å². The summed E-state index contributed by atoms with van der Waals surface area (Å²) in [7, 11) is -4.09. The molecule has 2 aliphatic heterocycles. The number of thioether (sulfide) groups is 1. The number of piperazine rings is 1. The van der Waals surface area contributed by atoms with Gasteiger partial charge in [-0.3, -0.25) is 14.6 Å². The largest absolute Gasteiger partial charge is 0.381 e. The minimum Gasteiger partial charge on any atom is -0.381 e. The van der Waals surface area contributed by atoms with Crippen LogP contribution in [0.25, 0.3) is 5.57 Å². The van der Waals surface area contributed by atoms with Crippen molar-refractivity contribution in [3.8, 4) is 0 Å². The van der Waals surface area contributed by atoms with Crippen molar-refractivity contribution in [2.75, 3.05) is 81.5 Å². The number of hydrogen-bond donors (Lipinski definition) is 2. The lowest BCUT2D eigenvalue weighted by atomic mass is 9.87. The van der Waals surface area contributed by atoms with Gasteiger partial charge in [0.05, 0.1) is 18.1 Å². The number of ether oxygens (including phenoxy) is 1. The lowest BCUT2D eigenvalue weighted by Gasteiger charge is -2.37. The summed E-state index contributed by atoms with van der Waals surface area (Å²) in [6, 6.07) is 31.0. The Bertz CT molecular complexity index is 2080. The Kier molecular flexibility index (Phi) is 14.3. The number of aryl methyl sites for hydroxylation is 1. The molecule has 3 aliphatic rings. The third kappa shape index (κ3) is 11.4. The molecule has 2 heterocycles. The quantitative estimate of drug-likeness (QED) is 0.115. The average Bonchev–Trinajstić information content (AvgIpc) is 3.24. The van der Waals surface area contributed by atoms with Crippen LogP contribution in [0.2, 0.25) is 5.02 Å². The van der Waals surface area contributed by atoms with Gasteiger partial charge in [0.15, 0.2) is 0 Å². The summed E-state index contributed by atoms with van der Waals surface area (Å²) < 4.78 is 34.7. The number of anilines is 2. The topological polar surface area (TPSA) is 94.2 Å². The summed E-state index contributed by atoms with van der Waals surface area (Å²) in [6.45, 7) is 10.9. The van der Waals surface area contributed by atoms with Crippen molar-refractivity contribution in [1.29, 1.82) is 0 Å². The number of amides is 1. The molecule has 2 fully saturated rings. The van der Waals surface area contributed by atoms with Crippen LogP contribution in [0.3, 0.4) is 0 Å². The fourth-order valence-corrected chi connectivity index (χ4v) is 10.1. The highest BCUT2D eigenvalue weighted by molar-refractivity contribution is 7.99. The molecule has 0 spiro atoms. The molecule has 4 aromatic rings. The Balaban J connectivity index is 0.925. The molecule has 0 bridgehead atoms. The van der Waals surface area contributed by atoms with Crippen molar-refractivity contribution in [2.45, 2.75) is 54.9 Å². The second kappa shape index (κ2) is 19.7. The number of carbonyl (C=O) groups excluding carboxylic acids is 1. The summed E-state index contributed by atoms with van der Waals surface area (Å²) in [5, 5.41) is 4.46. The molecule has 57 heavy (non-hydrogen) atoms. The van der Waals surface area contributed by atoms with E-state index in [0.29, 0.717) is 5.56 Å². The lowest BCUT2D eigenvalue weighted by Crippen LogP contribution is -2.47. The molecule has 0 saturated carbocycles. The monoisotopic (exact) mass is 827 g/mol. The number of benzene rings is 4. The minimum absolute atomic E-state index is 0.0567. The van der Waals surface area contributed by atoms with Gasteiger partial charge in [-0.15, -0.1) is 11.8 Å². The number of allylic oxidation sites excluding steroid dienone is 1. The van der Waals surface area contributed by atoms with E-state index < -0.39 is 15.9 Å². The number of nitrogens with zero attached hydrogens (tertiary/aromatic N) is 3. The van der Waals surface area contributed by atoms with Gasteiger partial charge in [-0.2, -0.15) is 0 Å². The zero-order valence-electron chi connectivity index (χ0n) is 32.8. The molecular formula is C45H54ClN5O4S2. The highest BCUT2D eigenvalue weighted by Crippen LogP contribution is 2.34. The predicted molar refractivity (Wildman–Crippen MR) is 234 cm³/mol. The zero-order valence-corrected chi connectivity index (χ0v) is 35.2. The van der Waals surface area contributed by atoms with Gasteiger partial charge in [-0.1, -0.05) is 47.5 Å². The van der Waals surface area contributed by atoms with Crippen LogP contribution in [0.5, 0.6) is 0 Å². The van der Waals surface area contributed by atoms with Gasteiger partial charge >= 0.3 is 0 Å². The van der Waals surface area contributed by atoms with E-state index >= 15 is 0 Å². The maximum Gasteiger partial charge on any atom is 0.264 e. The predicted octanol–water partition coefficient (Wildman–Crippen LogP) is 8.21. The van der Waals surface area contributed by atoms with Crippen molar-refractivity contribution in [1.82, 2.24) is 14.5 Å². The first-order valence-corrected chi connectivity index (χ1v) is 23.0. The Morgan fingerprint density at radius 1 is 0.842 bits per heavy atom. The van der Waals surface area contributed by atoms with Crippen molar-refractivity contribution in [2.24, 2.45) is 0 Å². The first kappa shape index (κ1) is 41.3. The van der Waals surface area contributed by atoms with Gasteiger partial charge in [0.2, 0.25) is 0 Å². The number of rotatable bonds is 15. The minimum atomic E-state index is -4.09. The molecule has 1 atom stereocenters. The highest BCUT2D eigenvalue weighted by Gasteiger charge is 2.24. The number of morpholine rings is 1. The molecule has 0 aromatic heterocycles. The number of carbonyl (C=O) groups is 1. The van der Waals surface area contributed by atoms with E-state index in [1.165, 1.54) is 28.9 Å². The number of nitrogens with one attached hydrogen (secondary N) is 2. The van der Waals surface area contributed by atoms with Gasteiger partial charge in [-0.25, -0.2) is 13.1 Å². The molecule has 302 valence electrons. The maximum absolute atomic E-state index is 13.4. The van der Waals surface area contributed by atoms with E-state index in [9.17, 15) is 13.2 Å². The third-order valence-corrected chi connectivity index (χ3v) is 14.0. The summed E-state index contributed by atoms with van der Waals surface area (Å²) in [4.78, 5) is 21.8. The molecule has 2 saturated heterocycles. The van der Waals surface area contributed by atoms with Crippen LogP contribution < -0.4 is 14.9 Å². The molecule has 4 aromatic carbocycles. The molecule has 0 unspecified atom stereocenters. The first-order chi connectivity index (χ1) is 27.7. The average molecular weight is 829 g/mol. The number of halogens is 1. The van der Waals surface area contributed by atoms with E-state index in [1.54, 1.807) is 29.8 Å². The molecule has 1 aliphatic carbocycles. The summed E-state index contributed by atoms with van der Waals surface area (Å²) in [6.07, 6.45) is 5.67. The Labute approximate surface area is 347 Å². The summed E-state index contributed by atoms with van der Waals surface area (Å²) >= 11 is 7.97. The van der Waals surface area contributed by atoms with E-state index in [2.05, 4.69) is 49.0 Å². The zero-order chi connectivity index (χ0) is 39.6. The molecule has 2 N–H and O–H groups in total. The Hall–Kier alpha value is -3.84. The van der Waals surface area contributed by atoms with Crippen LogP contribution in [0.1, 0.15) is 53.6 Å². The molecule has 7 rings (SSSR count). The van der Waals surface area contributed by atoms with E-state index in [4.69, 9.17) is 16.3 Å². The maximum atomic E-state index is 13.4. The molecule has 9 nitrogen and oxygen atoms in total. The van der Waals surface area contributed by atoms with Gasteiger partial charge < -0.3 is 15.0 Å². The van der Waals surface area contributed by atoms with E-state index in [1.807, 2.05) is 67.2 Å². The molecule has 12 heteroatoms. The molecule has 1 amide bonds. The van der Waals surface area contributed by atoms with Crippen LogP contribution in [0.15, 0.2) is 112 Å². The third-order valence-electron chi connectivity index (χ3n) is 11.2. The summed E-state index contributed by atoms with van der Waals surface area (Å²) in [5.41, 5.74) is 7.32. The fraction of sp³-hybridized carbons (Fsp3) is 0.400. The lowest BCUT2D eigenvalue weighted by molar-refractivity contribution is 0.0370. The SMILES string of the molecule is Cc1cc(S(=O)(=O)NC(=O)c2ccc(N3CCN(CC4=C(c5ccc(Cl)cc5)CCCC4)CC3)cc2)ccc1N[C@H](CCN1CCOCC1)CSc1ccccc1. The van der Waals surface area contributed by atoms with E-state index in [0.717, 1.165) is 113 Å². The van der Waals surface area contributed by atoms with Crippen LogP contribution in [0.4, 0.5) is 11.4 Å². The second-order valence-corrected chi connectivity index (χ2v) is 18.4. The van der Waals surface area contributed by atoms with Crippen LogP contribution in [-0.4, -0.2) is 101 Å². The standard InChI is InChI=1S/C45H54ClN5O4S2/c1-34-31-42(19-20-44(34)47-39(21-22-49-27-29-55-30-28-49)33-56-41-8-3-2-4-9-41)57(53,54)48-45(52)36-13-17-40(18-14-36)51-25-23-50(24-26-51)32-37-7-5-6-10-43(37)35-11-15-38(46)16-12-35/h2-4,8-9,11-20,31,39,47H,5-7,10,21-30,32-33H2,1H3,(H,48,52)/t39-/m1/s1. The highest BCUT2D eigenvalue weighted by atomic mass is 35.5. The second-order valence-electron chi connectivity index (χ2n) is 15.2. The normalized spacial score (nSPS) is 17.7. The first-order valence-electron chi connectivity index (χ1n) is 20.2. The van der Waals surface area contributed by atoms with Crippen LogP contribution >= 0.6 is 23.4 Å². The van der Waals surface area contributed by atoms with Crippen molar-refractivity contribution in [3.63, 3.8) is 0 Å². The van der Waals surface area contributed by atoms with Gasteiger partial charge in [0.25, 0.3) is 15.9 Å². The number of hydrogen-bond acceptors (Lipinski definition) is 9. The number of sulfonamides is 1. The smallest absolute Gasteiger partial charge is 0.264 e. The summed E-state index contributed by atoms with van der Waals surface area (Å²) in [5.74, 6) is 0.216. The van der Waals surface area contributed by atoms with Gasteiger partial charge in [-0.05, 0) is 122 Å². The van der Waals surface area contributed by atoms with Gasteiger partial charge in [0.1, 0.15) is 0 Å². The molecule has 0 radical (unpaired) electrons. The van der Waals surface area contributed by atoms with Crippen molar-refractivity contribution >= 4 is 56.2 Å². The Morgan fingerprint density at radius 3 is 2.28 bits per heavy atom.